The van der Waals surface area contributed by atoms with E-state index in [1.165, 1.54) is 77.0 Å². The Morgan fingerprint density at radius 3 is 1.65 bits per heavy atom. The van der Waals surface area contributed by atoms with Crippen LogP contribution in [-0.2, 0) is 0 Å². The lowest BCUT2D eigenvalue weighted by Gasteiger charge is -2.15. The first-order valence-corrected chi connectivity index (χ1v) is 8.02. The molecule has 0 aromatic carbocycles. The summed E-state index contributed by atoms with van der Waals surface area (Å²) in [7, 11) is 2.12. The zero-order chi connectivity index (χ0) is 12.8. The van der Waals surface area contributed by atoms with Gasteiger partial charge in [0.15, 0.2) is 0 Å². The average Bonchev–Trinajstić information content (AvgIpc) is 2.36. The predicted molar refractivity (Wildman–Crippen MR) is 79.6 cm³/mol. The normalized spacial score (nSPS) is 12.9. The second-order valence-corrected chi connectivity index (χ2v) is 5.39. The molecule has 1 N–H and O–H groups in total. The molecule has 0 aliphatic carbocycles. The Morgan fingerprint density at radius 1 is 0.647 bits per heavy atom. The molecule has 0 amide bonds. The molecule has 0 heterocycles. The van der Waals surface area contributed by atoms with E-state index < -0.39 is 0 Å². The number of rotatable bonds is 13. The van der Waals surface area contributed by atoms with Crippen molar-refractivity contribution in [1.82, 2.24) is 5.32 Å². The van der Waals surface area contributed by atoms with Crippen LogP contribution in [0.4, 0.5) is 0 Å². The molecule has 0 saturated heterocycles. The lowest BCUT2D eigenvalue weighted by atomic mass is 10.0. The van der Waals surface area contributed by atoms with Gasteiger partial charge in [0.2, 0.25) is 0 Å². The maximum absolute atomic E-state index is 3.46. The third-order valence-corrected chi connectivity index (χ3v) is 3.72. The zero-order valence-electron chi connectivity index (χ0n) is 12.6. The Balaban J connectivity index is 3.19. The monoisotopic (exact) mass is 241 g/mol. The fraction of sp³-hybridized carbons (Fsp3) is 1.00. The highest BCUT2D eigenvalue weighted by Crippen LogP contribution is 2.12. The van der Waals surface area contributed by atoms with Gasteiger partial charge in [-0.15, -0.1) is 0 Å². The van der Waals surface area contributed by atoms with Crippen LogP contribution in [0.3, 0.4) is 0 Å². The Morgan fingerprint density at radius 2 is 1.12 bits per heavy atom. The second-order valence-electron chi connectivity index (χ2n) is 5.39. The first-order valence-electron chi connectivity index (χ1n) is 8.02. The summed E-state index contributed by atoms with van der Waals surface area (Å²) < 4.78 is 0. The maximum Gasteiger partial charge on any atom is 0.00640 e. The van der Waals surface area contributed by atoms with Gasteiger partial charge in [-0.05, 0) is 19.9 Å². The molecule has 1 nitrogen and oxygen atoms in total. The Kier molecular flexibility index (Phi) is 14.0. The second kappa shape index (κ2) is 14.0. The smallest absolute Gasteiger partial charge is 0.00640 e. The van der Waals surface area contributed by atoms with Gasteiger partial charge in [-0.3, -0.25) is 0 Å². The third kappa shape index (κ3) is 12.2. The molecule has 0 spiro atoms. The van der Waals surface area contributed by atoms with E-state index in [4.69, 9.17) is 0 Å². The number of unbranched alkanes of at least 4 members (excludes halogenated alkanes) is 8. The van der Waals surface area contributed by atoms with Gasteiger partial charge < -0.3 is 5.32 Å². The van der Waals surface area contributed by atoms with Crippen molar-refractivity contribution in [3.8, 4) is 0 Å². The Labute approximate surface area is 110 Å². The Hall–Kier alpha value is -0.0400. The van der Waals surface area contributed by atoms with Gasteiger partial charge in [-0.25, -0.2) is 0 Å². The standard InChI is InChI=1S/C16H35N/c1-4-6-8-9-10-11-12-13-15-16(17-3)14-7-5-2/h16-17H,4-15H2,1-3H3. The van der Waals surface area contributed by atoms with E-state index in [0.717, 1.165) is 6.04 Å². The van der Waals surface area contributed by atoms with Crippen molar-refractivity contribution in [3.05, 3.63) is 0 Å². The predicted octanol–water partition coefficient (Wildman–Crippen LogP) is 5.30. The molecule has 1 heteroatoms. The van der Waals surface area contributed by atoms with Gasteiger partial charge in [0.1, 0.15) is 0 Å². The molecule has 104 valence electrons. The molecule has 0 aliphatic rings. The van der Waals surface area contributed by atoms with E-state index >= 15 is 0 Å². The summed E-state index contributed by atoms with van der Waals surface area (Å²) >= 11 is 0. The van der Waals surface area contributed by atoms with Gasteiger partial charge in [0, 0.05) is 6.04 Å². The lowest BCUT2D eigenvalue weighted by Crippen LogP contribution is -2.24. The van der Waals surface area contributed by atoms with Crippen LogP contribution in [0.15, 0.2) is 0 Å². The number of nitrogens with one attached hydrogen (secondary N) is 1. The van der Waals surface area contributed by atoms with E-state index in [0.29, 0.717) is 0 Å². The first-order chi connectivity index (χ1) is 8.35. The Bertz CT molecular complexity index is 133. The molecule has 17 heavy (non-hydrogen) atoms. The van der Waals surface area contributed by atoms with Crippen LogP contribution in [0.1, 0.15) is 90.9 Å². The molecule has 0 aliphatic heterocycles. The summed E-state index contributed by atoms with van der Waals surface area (Å²) in [6.07, 6.45) is 16.9. The SMILES string of the molecule is CCCCCCCCCCC(CCCC)NC. The average molecular weight is 241 g/mol. The van der Waals surface area contributed by atoms with Crippen LogP contribution < -0.4 is 5.32 Å². The fourth-order valence-electron chi connectivity index (χ4n) is 2.41. The van der Waals surface area contributed by atoms with Gasteiger partial charge in [0.05, 0.1) is 0 Å². The van der Waals surface area contributed by atoms with Gasteiger partial charge >= 0.3 is 0 Å². The summed E-state index contributed by atoms with van der Waals surface area (Å²) in [5.41, 5.74) is 0. The van der Waals surface area contributed by atoms with Crippen LogP contribution in [-0.4, -0.2) is 13.1 Å². The van der Waals surface area contributed by atoms with Crippen LogP contribution >= 0.6 is 0 Å². The third-order valence-electron chi connectivity index (χ3n) is 3.72. The van der Waals surface area contributed by atoms with Gasteiger partial charge in [0.25, 0.3) is 0 Å². The van der Waals surface area contributed by atoms with Crippen molar-refractivity contribution in [2.24, 2.45) is 0 Å². The fourth-order valence-corrected chi connectivity index (χ4v) is 2.41. The topological polar surface area (TPSA) is 12.0 Å². The van der Waals surface area contributed by atoms with Crippen molar-refractivity contribution in [2.75, 3.05) is 7.05 Å². The highest BCUT2D eigenvalue weighted by atomic mass is 14.9. The molecule has 0 aromatic rings. The molecular weight excluding hydrogens is 206 g/mol. The minimum absolute atomic E-state index is 0.773. The number of hydrogen-bond acceptors (Lipinski definition) is 1. The largest absolute Gasteiger partial charge is 0.317 e. The molecule has 0 radical (unpaired) electrons. The van der Waals surface area contributed by atoms with Crippen LogP contribution in [0.2, 0.25) is 0 Å². The summed E-state index contributed by atoms with van der Waals surface area (Å²) in [6, 6.07) is 0.773. The molecule has 0 bridgehead atoms. The summed E-state index contributed by atoms with van der Waals surface area (Å²) in [6.45, 7) is 4.57. The van der Waals surface area contributed by atoms with Crippen molar-refractivity contribution >= 4 is 0 Å². The molecule has 0 aromatic heterocycles. The summed E-state index contributed by atoms with van der Waals surface area (Å²) in [5, 5.41) is 3.46. The van der Waals surface area contributed by atoms with Crippen molar-refractivity contribution in [3.63, 3.8) is 0 Å². The summed E-state index contributed by atoms with van der Waals surface area (Å²) in [4.78, 5) is 0. The van der Waals surface area contributed by atoms with E-state index in [2.05, 4.69) is 26.2 Å². The first kappa shape index (κ1) is 17.0. The van der Waals surface area contributed by atoms with E-state index in [1.807, 2.05) is 0 Å². The van der Waals surface area contributed by atoms with Crippen molar-refractivity contribution < 1.29 is 0 Å². The molecule has 1 unspecified atom stereocenters. The number of hydrogen-bond donors (Lipinski definition) is 1. The minimum Gasteiger partial charge on any atom is -0.317 e. The van der Waals surface area contributed by atoms with Gasteiger partial charge in [-0.1, -0.05) is 78.1 Å². The molecule has 1 atom stereocenters. The molecule has 0 rings (SSSR count). The highest BCUT2D eigenvalue weighted by Gasteiger charge is 2.04. The van der Waals surface area contributed by atoms with Crippen molar-refractivity contribution in [1.29, 1.82) is 0 Å². The molecule has 0 saturated carbocycles. The quantitative estimate of drug-likeness (QED) is 0.432. The van der Waals surface area contributed by atoms with E-state index in [-0.39, 0.29) is 0 Å². The maximum atomic E-state index is 3.46. The summed E-state index contributed by atoms with van der Waals surface area (Å²) in [5.74, 6) is 0. The van der Waals surface area contributed by atoms with Gasteiger partial charge in [-0.2, -0.15) is 0 Å². The van der Waals surface area contributed by atoms with E-state index in [9.17, 15) is 0 Å². The highest BCUT2D eigenvalue weighted by molar-refractivity contribution is 4.64. The molecule has 0 fully saturated rings. The van der Waals surface area contributed by atoms with Crippen LogP contribution in [0, 0.1) is 0 Å². The lowest BCUT2D eigenvalue weighted by molar-refractivity contribution is 0.444. The van der Waals surface area contributed by atoms with E-state index in [1.54, 1.807) is 0 Å². The zero-order valence-corrected chi connectivity index (χ0v) is 12.6. The molecular formula is C16H35N. The van der Waals surface area contributed by atoms with Crippen LogP contribution in [0.25, 0.3) is 0 Å². The van der Waals surface area contributed by atoms with Crippen molar-refractivity contribution in [2.45, 2.75) is 96.9 Å². The minimum atomic E-state index is 0.773. The van der Waals surface area contributed by atoms with Crippen LogP contribution in [0.5, 0.6) is 0 Å².